The molecule has 1 aliphatic rings. The number of hydrogen-bond donors (Lipinski definition) is 4. The highest BCUT2D eigenvalue weighted by Gasteiger charge is 2.35. The zero-order valence-electron chi connectivity index (χ0n) is 17.9. The number of tetrazole rings is 1. The van der Waals surface area contributed by atoms with Crippen molar-refractivity contribution in [3.05, 3.63) is 41.2 Å². The van der Waals surface area contributed by atoms with E-state index in [4.69, 9.17) is 0 Å². The van der Waals surface area contributed by atoms with Gasteiger partial charge in [0, 0.05) is 37.7 Å². The van der Waals surface area contributed by atoms with Gasteiger partial charge in [0.15, 0.2) is 5.78 Å². The standard InChI is InChI=1S/C21H31N7O3/c1-2-4-18(28(21(30)31)17-5-3-11-22-14-17)20(29)16-8-6-15(7-9-16)13-23-12-10-19-24-26-27-25-19/h6-9,17-18,22-23H,2-5,10-14H2,1H3,(H,30,31)(H,24,25,26,27). The SMILES string of the molecule is CCCC(C(=O)c1ccc(CNCCc2nnn[nH]2)cc1)N(C(=O)O)C1CCCNC1. The number of ketones is 1. The lowest BCUT2D eigenvalue weighted by atomic mass is 9.95. The summed E-state index contributed by atoms with van der Waals surface area (Å²) in [6.45, 7) is 4.83. The molecule has 31 heavy (non-hydrogen) atoms. The van der Waals surface area contributed by atoms with Crippen molar-refractivity contribution in [3.8, 4) is 0 Å². The summed E-state index contributed by atoms with van der Waals surface area (Å²) in [6.07, 6.45) is 2.62. The van der Waals surface area contributed by atoms with Crippen molar-refractivity contribution in [2.75, 3.05) is 19.6 Å². The number of rotatable bonds is 11. The van der Waals surface area contributed by atoms with E-state index in [1.807, 2.05) is 19.1 Å². The van der Waals surface area contributed by atoms with E-state index in [0.717, 1.165) is 43.7 Å². The van der Waals surface area contributed by atoms with Gasteiger partial charge in [-0.3, -0.25) is 9.69 Å². The zero-order chi connectivity index (χ0) is 22.1. The molecular formula is C21H31N7O3. The number of H-pyrrole nitrogens is 1. The first-order valence-electron chi connectivity index (χ1n) is 10.9. The molecule has 2 unspecified atom stereocenters. The minimum absolute atomic E-state index is 0.132. The fraction of sp³-hybridized carbons (Fsp3) is 0.571. The Morgan fingerprint density at radius 2 is 2.13 bits per heavy atom. The molecule has 0 saturated carbocycles. The number of benzene rings is 1. The van der Waals surface area contributed by atoms with Crippen molar-refractivity contribution in [1.82, 2.24) is 36.2 Å². The van der Waals surface area contributed by atoms with Crippen LogP contribution in [0.2, 0.25) is 0 Å². The maximum absolute atomic E-state index is 13.3. The van der Waals surface area contributed by atoms with Crippen LogP contribution >= 0.6 is 0 Å². The Hall–Kier alpha value is -2.85. The molecule has 0 radical (unpaired) electrons. The monoisotopic (exact) mass is 429 g/mol. The van der Waals surface area contributed by atoms with E-state index in [0.29, 0.717) is 31.5 Å². The Morgan fingerprint density at radius 1 is 1.32 bits per heavy atom. The summed E-state index contributed by atoms with van der Waals surface area (Å²) in [6, 6.07) is 6.57. The quantitative estimate of drug-likeness (QED) is 0.312. The predicted molar refractivity (Wildman–Crippen MR) is 115 cm³/mol. The lowest BCUT2D eigenvalue weighted by Crippen LogP contribution is -2.55. The highest BCUT2D eigenvalue weighted by molar-refractivity contribution is 6.01. The highest BCUT2D eigenvalue weighted by atomic mass is 16.4. The van der Waals surface area contributed by atoms with E-state index in [-0.39, 0.29) is 11.8 Å². The van der Waals surface area contributed by atoms with Crippen LogP contribution in [0.1, 0.15) is 54.4 Å². The van der Waals surface area contributed by atoms with Gasteiger partial charge in [-0.25, -0.2) is 9.89 Å². The molecule has 0 spiro atoms. The van der Waals surface area contributed by atoms with Gasteiger partial charge in [0.05, 0.1) is 6.04 Å². The Kier molecular flexibility index (Phi) is 8.48. The summed E-state index contributed by atoms with van der Waals surface area (Å²) in [5, 5.41) is 30.1. The molecule has 1 saturated heterocycles. The van der Waals surface area contributed by atoms with Crippen LogP contribution in [0.3, 0.4) is 0 Å². The highest BCUT2D eigenvalue weighted by Crippen LogP contribution is 2.21. The lowest BCUT2D eigenvalue weighted by Gasteiger charge is -2.37. The van der Waals surface area contributed by atoms with Crippen molar-refractivity contribution in [1.29, 1.82) is 0 Å². The summed E-state index contributed by atoms with van der Waals surface area (Å²) in [4.78, 5) is 26.7. The summed E-state index contributed by atoms with van der Waals surface area (Å²) in [7, 11) is 0. The predicted octanol–water partition coefficient (Wildman–Crippen LogP) is 1.62. The minimum atomic E-state index is -1.02. The summed E-state index contributed by atoms with van der Waals surface area (Å²) in [5.74, 6) is 0.596. The van der Waals surface area contributed by atoms with Gasteiger partial charge >= 0.3 is 6.09 Å². The molecule has 0 aliphatic carbocycles. The Morgan fingerprint density at radius 3 is 2.74 bits per heavy atom. The fourth-order valence-electron chi connectivity index (χ4n) is 3.99. The van der Waals surface area contributed by atoms with Gasteiger partial charge in [-0.05, 0) is 41.8 Å². The normalized spacial score (nSPS) is 17.3. The molecule has 1 fully saturated rings. The van der Waals surface area contributed by atoms with Gasteiger partial charge in [-0.15, -0.1) is 5.10 Å². The number of hydrogen-bond acceptors (Lipinski definition) is 7. The Bertz CT molecular complexity index is 820. The number of nitrogens with one attached hydrogen (secondary N) is 3. The third kappa shape index (κ3) is 6.31. The lowest BCUT2D eigenvalue weighted by molar-refractivity contribution is 0.0631. The largest absolute Gasteiger partial charge is 0.465 e. The molecule has 2 aromatic rings. The number of piperidine rings is 1. The topological polar surface area (TPSA) is 136 Å². The van der Waals surface area contributed by atoms with E-state index >= 15 is 0 Å². The van der Waals surface area contributed by atoms with Gasteiger partial charge in [-0.1, -0.05) is 37.6 Å². The maximum atomic E-state index is 13.3. The number of carbonyl (C=O) groups excluding carboxylic acids is 1. The van der Waals surface area contributed by atoms with Crippen molar-refractivity contribution >= 4 is 11.9 Å². The average molecular weight is 430 g/mol. The molecule has 3 rings (SSSR count). The van der Waals surface area contributed by atoms with Crippen LogP contribution in [0.5, 0.6) is 0 Å². The van der Waals surface area contributed by atoms with Crippen LogP contribution in [0.4, 0.5) is 4.79 Å². The number of nitrogens with zero attached hydrogens (tertiary/aromatic N) is 4. The van der Waals surface area contributed by atoms with Crippen molar-refractivity contribution in [2.24, 2.45) is 0 Å². The van der Waals surface area contributed by atoms with Crippen LogP contribution in [-0.4, -0.2) is 74.2 Å². The summed E-state index contributed by atoms with van der Waals surface area (Å²) >= 11 is 0. The van der Waals surface area contributed by atoms with Gasteiger partial charge in [0.2, 0.25) is 0 Å². The molecular weight excluding hydrogens is 398 g/mol. The Balaban J connectivity index is 1.61. The van der Waals surface area contributed by atoms with Crippen LogP contribution < -0.4 is 10.6 Å². The molecule has 0 bridgehead atoms. The molecule has 10 heteroatoms. The number of aromatic amines is 1. The maximum Gasteiger partial charge on any atom is 0.408 e. The first-order valence-corrected chi connectivity index (χ1v) is 10.9. The number of Topliss-reactive ketones (excluding diaryl/α,β-unsaturated/α-hetero) is 1. The smallest absolute Gasteiger partial charge is 0.408 e. The summed E-state index contributed by atoms with van der Waals surface area (Å²) < 4.78 is 0. The van der Waals surface area contributed by atoms with E-state index in [1.165, 1.54) is 4.90 Å². The molecule has 2 atom stereocenters. The number of amides is 1. The molecule has 4 N–H and O–H groups in total. The molecule has 1 amide bonds. The first-order chi connectivity index (χ1) is 15.1. The second-order valence-electron chi connectivity index (χ2n) is 7.83. The van der Waals surface area contributed by atoms with Gasteiger partial charge in [0.1, 0.15) is 5.82 Å². The first kappa shape index (κ1) is 22.8. The van der Waals surface area contributed by atoms with Crippen LogP contribution in [0.15, 0.2) is 24.3 Å². The van der Waals surface area contributed by atoms with Crippen LogP contribution in [0, 0.1) is 0 Å². The van der Waals surface area contributed by atoms with Crippen LogP contribution in [0.25, 0.3) is 0 Å². The molecule has 2 heterocycles. The fourth-order valence-corrected chi connectivity index (χ4v) is 3.99. The minimum Gasteiger partial charge on any atom is -0.465 e. The number of carbonyl (C=O) groups is 2. The molecule has 10 nitrogen and oxygen atoms in total. The number of aromatic nitrogens is 4. The molecule has 1 aromatic carbocycles. The molecule has 1 aromatic heterocycles. The Labute approximate surface area is 181 Å². The van der Waals surface area contributed by atoms with Gasteiger partial charge in [0.25, 0.3) is 0 Å². The van der Waals surface area contributed by atoms with Crippen LogP contribution in [-0.2, 0) is 13.0 Å². The van der Waals surface area contributed by atoms with Crippen molar-refractivity contribution in [3.63, 3.8) is 0 Å². The van der Waals surface area contributed by atoms with E-state index in [9.17, 15) is 14.7 Å². The van der Waals surface area contributed by atoms with Gasteiger partial charge < -0.3 is 15.7 Å². The average Bonchev–Trinajstić information content (AvgIpc) is 3.30. The van der Waals surface area contributed by atoms with Crippen molar-refractivity contribution in [2.45, 2.75) is 57.7 Å². The third-order valence-corrected chi connectivity index (χ3v) is 5.58. The number of carboxylic acid groups (broad SMARTS) is 1. The second-order valence-corrected chi connectivity index (χ2v) is 7.83. The third-order valence-electron chi connectivity index (χ3n) is 5.58. The van der Waals surface area contributed by atoms with E-state index in [1.54, 1.807) is 12.1 Å². The summed E-state index contributed by atoms with van der Waals surface area (Å²) in [5.41, 5.74) is 1.59. The zero-order valence-corrected chi connectivity index (χ0v) is 17.9. The van der Waals surface area contributed by atoms with E-state index in [2.05, 4.69) is 31.3 Å². The van der Waals surface area contributed by atoms with Gasteiger partial charge in [-0.2, -0.15) is 0 Å². The second kappa shape index (κ2) is 11.5. The molecule has 168 valence electrons. The van der Waals surface area contributed by atoms with E-state index < -0.39 is 12.1 Å². The van der Waals surface area contributed by atoms with Crippen molar-refractivity contribution < 1.29 is 14.7 Å². The molecule has 1 aliphatic heterocycles.